The van der Waals surface area contributed by atoms with Crippen LogP contribution in [0.2, 0.25) is 0 Å². The van der Waals surface area contributed by atoms with Crippen LogP contribution >= 0.6 is 0 Å². The molecule has 0 aliphatic carbocycles. The van der Waals surface area contributed by atoms with E-state index in [4.69, 9.17) is 13.3 Å². The average Bonchev–Trinajstić information content (AvgIpc) is 2.43. The lowest BCUT2D eigenvalue weighted by Gasteiger charge is -1.88. The van der Waals surface area contributed by atoms with Crippen molar-refractivity contribution in [2.75, 3.05) is 0 Å². The minimum Gasteiger partial charge on any atom is -0.750 e. The maximum Gasteiger partial charge on any atom is 0.258 e. The molecule has 80 valence electrons. The van der Waals surface area contributed by atoms with Crippen molar-refractivity contribution < 1.29 is 22.9 Å². The van der Waals surface area contributed by atoms with E-state index in [1.165, 1.54) is 0 Å². The Kier molecular flexibility index (Phi) is 3.67. The first-order valence-corrected chi connectivity index (χ1v) is 4.78. The molecule has 6 nitrogen and oxygen atoms in total. The Balaban J connectivity index is 0.000000245. The molecule has 1 unspecified atom stereocenters. The molecule has 1 aromatic rings. The summed E-state index contributed by atoms with van der Waals surface area (Å²) in [6, 6.07) is 6.74. The molecule has 0 aromatic heterocycles. The van der Waals surface area contributed by atoms with Gasteiger partial charge in [-0.2, -0.15) is 0 Å². The minimum atomic E-state index is -2.86. The molecule has 1 aliphatic heterocycles. The zero-order valence-electron chi connectivity index (χ0n) is 7.30. The number of hydrogen-bond acceptors (Lipinski definition) is 4. The summed E-state index contributed by atoms with van der Waals surface area (Å²) in [5, 5.41) is 2.20. The first-order chi connectivity index (χ1) is 7.02. The van der Waals surface area contributed by atoms with Crippen LogP contribution in [0.25, 0.3) is 0 Å². The molecule has 0 radical (unpaired) electrons. The highest BCUT2D eigenvalue weighted by molar-refractivity contribution is 7.73. The summed E-state index contributed by atoms with van der Waals surface area (Å²) in [4.78, 5) is 21.9. The Hall–Kier alpha value is -1.57. The first-order valence-electron chi connectivity index (χ1n) is 3.75. The normalized spacial score (nSPS) is 14.8. The smallest absolute Gasteiger partial charge is 0.258 e. The lowest BCUT2D eigenvalue weighted by molar-refractivity contribution is 0.0879. The summed E-state index contributed by atoms with van der Waals surface area (Å²) in [6.07, 6.45) is 0. The fourth-order valence-electron chi connectivity index (χ4n) is 1.12. The number of carbonyl (C=O) groups is 2. The van der Waals surface area contributed by atoms with Gasteiger partial charge in [-0.1, -0.05) is 12.1 Å². The van der Waals surface area contributed by atoms with Crippen LogP contribution in [-0.2, 0) is 11.4 Å². The van der Waals surface area contributed by atoms with Crippen LogP contribution in [0.1, 0.15) is 20.7 Å². The first kappa shape index (κ1) is 11.5. The van der Waals surface area contributed by atoms with Gasteiger partial charge in [-0.05, 0) is 12.1 Å². The molecule has 0 fully saturated rings. The number of nitrogens with one attached hydrogen (secondary N) is 1. The Labute approximate surface area is 87.4 Å². The molecule has 1 atom stereocenters. The van der Waals surface area contributed by atoms with E-state index in [0.717, 1.165) is 0 Å². The number of amides is 2. The molecule has 0 spiro atoms. The summed E-state index contributed by atoms with van der Waals surface area (Å²) >= 11 is -2.86. The quantitative estimate of drug-likeness (QED) is 0.476. The van der Waals surface area contributed by atoms with Gasteiger partial charge in [0.05, 0.1) is 22.5 Å². The Morgan fingerprint density at radius 1 is 1.13 bits per heavy atom. The molecule has 0 bridgehead atoms. The molecule has 0 saturated heterocycles. The van der Waals surface area contributed by atoms with Gasteiger partial charge >= 0.3 is 0 Å². The van der Waals surface area contributed by atoms with Crippen molar-refractivity contribution in [1.82, 2.24) is 5.32 Å². The van der Waals surface area contributed by atoms with Crippen molar-refractivity contribution in [3.05, 3.63) is 35.4 Å². The van der Waals surface area contributed by atoms with Crippen LogP contribution in [0.4, 0.5) is 0 Å². The predicted octanol–water partition coefficient (Wildman–Crippen LogP) is -0.0913. The van der Waals surface area contributed by atoms with Crippen LogP contribution in [0.3, 0.4) is 0 Å². The van der Waals surface area contributed by atoms with E-state index in [-0.39, 0.29) is 11.8 Å². The summed E-state index contributed by atoms with van der Waals surface area (Å²) in [6.45, 7) is 0. The highest BCUT2D eigenvalue weighted by atomic mass is 32.2. The Morgan fingerprint density at radius 3 is 1.80 bits per heavy atom. The van der Waals surface area contributed by atoms with Crippen LogP contribution in [0, 0.1) is 0 Å². The van der Waals surface area contributed by atoms with Gasteiger partial charge in [-0.15, -0.1) is 0 Å². The average molecular weight is 228 g/mol. The van der Waals surface area contributed by atoms with Crippen LogP contribution in [0.15, 0.2) is 24.3 Å². The molecule has 2 amide bonds. The van der Waals surface area contributed by atoms with Gasteiger partial charge in [0, 0.05) is 0 Å². The minimum absolute atomic E-state index is 0.300. The second-order valence-corrected chi connectivity index (χ2v) is 2.98. The molecule has 1 aromatic carbocycles. The molecule has 0 saturated carbocycles. The lowest BCUT2D eigenvalue weighted by Crippen LogP contribution is -2.19. The predicted molar refractivity (Wildman–Crippen MR) is 49.8 cm³/mol. The Morgan fingerprint density at radius 2 is 1.47 bits per heavy atom. The van der Waals surface area contributed by atoms with E-state index < -0.39 is 11.4 Å². The second kappa shape index (κ2) is 4.78. The number of rotatable bonds is 0. The number of imide groups is 1. The summed E-state index contributed by atoms with van der Waals surface area (Å²) < 4.78 is 24.1. The van der Waals surface area contributed by atoms with Crippen molar-refractivity contribution >= 4 is 23.2 Å². The van der Waals surface area contributed by atoms with E-state index in [1.54, 1.807) is 24.3 Å². The Bertz CT molecular complexity index is 394. The number of fused-ring (bicyclic) bond motifs is 1. The summed E-state index contributed by atoms with van der Waals surface area (Å²) in [5.41, 5.74) is 0.940. The van der Waals surface area contributed by atoms with E-state index >= 15 is 0 Å². The highest BCUT2D eigenvalue weighted by Crippen LogP contribution is 2.13. The van der Waals surface area contributed by atoms with E-state index in [2.05, 4.69) is 5.32 Å². The third kappa shape index (κ3) is 2.94. The van der Waals surface area contributed by atoms with Crippen molar-refractivity contribution in [2.24, 2.45) is 0 Å². The zero-order chi connectivity index (χ0) is 11.4. The van der Waals surface area contributed by atoms with Crippen molar-refractivity contribution in [3.63, 3.8) is 0 Å². The number of benzene rings is 1. The van der Waals surface area contributed by atoms with Gasteiger partial charge in [0.2, 0.25) is 0 Å². The van der Waals surface area contributed by atoms with Crippen LogP contribution in [-0.4, -0.2) is 25.1 Å². The van der Waals surface area contributed by atoms with Gasteiger partial charge in [0.1, 0.15) is 0 Å². The third-order valence-corrected chi connectivity index (χ3v) is 1.64. The van der Waals surface area contributed by atoms with Gasteiger partial charge < -0.3 is 9.11 Å². The van der Waals surface area contributed by atoms with E-state index in [0.29, 0.717) is 11.1 Å². The van der Waals surface area contributed by atoms with Gasteiger partial charge in [0.25, 0.3) is 11.8 Å². The molecular weight excluding hydrogens is 222 g/mol. The SMILES string of the molecule is O=C1NC(=O)c2ccccc21.O=S([O-])O. The summed E-state index contributed by atoms with van der Waals surface area (Å²) in [5.74, 6) is -0.601. The number of hydrogen-bond donors (Lipinski definition) is 2. The lowest BCUT2D eigenvalue weighted by atomic mass is 10.1. The molecule has 1 heterocycles. The maximum absolute atomic E-state index is 10.9. The van der Waals surface area contributed by atoms with Crippen molar-refractivity contribution in [3.8, 4) is 0 Å². The second-order valence-electron chi connectivity index (χ2n) is 2.55. The van der Waals surface area contributed by atoms with Gasteiger partial charge in [-0.3, -0.25) is 14.9 Å². The maximum atomic E-state index is 10.9. The fraction of sp³-hybridized carbons (Fsp3) is 0. The van der Waals surface area contributed by atoms with Crippen molar-refractivity contribution in [1.29, 1.82) is 0 Å². The molecule has 7 heteroatoms. The topological polar surface area (TPSA) is 107 Å². The molecule has 15 heavy (non-hydrogen) atoms. The monoisotopic (exact) mass is 228 g/mol. The molecule has 1 aliphatic rings. The number of carbonyl (C=O) groups excluding carboxylic acids is 2. The van der Waals surface area contributed by atoms with Crippen molar-refractivity contribution in [2.45, 2.75) is 0 Å². The van der Waals surface area contributed by atoms with Crippen LogP contribution in [0.5, 0.6) is 0 Å². The zero-order valence-corrected chi connectivity index (χ0v) is 8.11. The standard InChI is InChI=1S/C8H5NO2.H2O3S/c10-7-5-3-1-2-4-6(5)8(11)9-7;1-4(2)3/h1-4H,(H,9,10,11);(H2,1,2,3)/p-1. The molecule has 2 rings (SSSR count). The largest absolute Gasteiger partial charge is 0.750 e. The van der Waals surface area contributed by atoms with Crippen LogP contribution < -0.4 is 5.32 Å². The van der Waals surface area contributed by atoms with E-state index in [9.17, 15) is 9.59 Å². The van der Waals surface area contributed by atoms with Gasteiger partial charge in [0.15, 0.2) is 0 Å². The summed E-state index contributed by atoms with van der Waals surface area (Å²) in [7, 11) is 0. The van der Waals surface area contributed by atoms with E-state index in [1.807, 2.05) is 0 Å². The molecular formula is C8H6NO5S-. The molecule has 2 N–H and O–H groups in total. The fourth-order valence-corrected chi connectivity index (χ4v) is 1.12. The third-order valence-electron chi connectivity index (χ3n) is 1.64. The highest BCUT2D eigenvalue weighted by Gasteiger charge is 2.25. The van der Waals surface area contributed by atoms with Gasteiger partial charge in [-0.25, -0.2) is 4.21 Å².